The van der Waals surface area contributed by atoms with E-state index in [1.807, 2.05) is 0 Å². The van der Waals surface area contributed by atoms with Gasteiger partial charge in [-0.15, -0.1) is 0 Å². The third-order valence-electron chi connectivity index (χ3n) is 5.56. The van der Waals surface area contributed by atoms with Gasteiger partial charge in [0.25, 0.3) is 23.4 Å². The number of nitro benzene ring substituents is 1. The van der Waals surface area contributed by atoms with Gasteiger partial charge in [0.2, 0.25) is 0 Å². The van der Waals surface area contributed by atoms with Crippen molar-refractivity contribution in [3.63, 3.8) is 0 Å². The Balaban J connectivity index is 1.37. The van der Waals surface area contributed by atoms with Gasteiger partial charge in [0, 0.05) is 30.4 Å². The first kappa shape index (κ1) is 23.4. The van der Waals surface area contributed by atoms with Crippen molar-refractivity contribution in [3.05, 3.63) is 93.5 Å². The smallest absolute Gasteiger partial charge is 0.293 e. The first-order chi connectivity index (χ1) is 16.9. The fraction of sp³-hybridized carbons (Fsp3) is 0.160. The highest BCUT2D eigenvalue weighted by Crippen LogP contribution is 2.27. The first-order valence-electron chi connectivity index (χ1n) is 10.8. The normalized spacial score (nSPS) is 12.3. The summed E-state index contributed by atoms with van der Waals surface area (Å²) in [5.74, 6) is -0.542. The molecule has 178 valence electrons. The number of nitrogens with one attached hydrogen (secondary N) is 2. The van der Waals surface area contributed by atoms with Crippen LogP contribution in [0.3, 0.4) is 0 Å². The van der Waals surface area contributed by atoms with Crippen LogP contribution < -0.4 is 15.4 Å². The molecule has 4 rings (SSSR count). The lowest BCUT2D eigenvalue weighted by Gasteiger charge is -2.14. The second-order valence-electron chi connectivity index (χ2n) is 7.76. The fourth-order valence-corrected chi connectivity index (χ4v) is 3.75. The zero-order valence-corrected chi connectivity index (χ0v) is 18.8. The van der Waals surface area contributed by atoms with Gasteiger partial charge in [-0.1, -0.05) is 12.1 Å². The molecule has 2 N–H and O–H groups in total. The Morgan fingerprint density at radius 1 is 1.00 bits per heavy atom. The lowest BCUT2D eigenvalue weighted by Crippen LogP contribution is -2.31. The van der Waals surface area contributed by atoms with Crippen molar-refractivity contribution in [3.8, 4) is 5.75 Å². The summed E-state index contributed by atoms with van der Waals surface area (Å²) in [6, 6.07) is 17.5. The van der Waals surface area contributed by atoms with Crippen molar-refractivity contribution in [2.24, 2.45) is 0 Å². The van der Waals surface area contributed by atoms with Crippen LogP contribution in [0.15, 0.2) is 66.7 Å². The van der Waals surface area contributed by atoms with Gasteiger partial charge in [0.1, 0.15) is 11.4 Å². The van der Waals surface area contributed by atoms with Crippen LogP contribution in [0.25, 0.3) is 0 Å². The molecule has 0 saturated heterocycles. The Morgan fingerprint density at radius 2 is 1.66 bits per heavy atom. The average molecular weight is 474 g/mol. The van der Waals surface area contributed by atoms with Crippen molar-refractivity contribution < 1.29 is 24.0 Å². The molecule has 0 fully saturated rings. The number of fused-ring (bicyclic) bond motifs is 1. The van der Waals surface area contributed by atoms with E-state index in [9.17, 15) is 24.5 Å². The Kier molecular flexibility index (Phi) is 6.72. The third-order valence-corrected chi connectivity index (χ3v) is 5.56. The number of rotatable bonds is 9. The van der Waals surface area contributed by atoms with Gasteiger partial charge in [-0.05, 0) is 55.0 Å². The number of imide groups is 1. The maximum Gasteiger partial charge on any atom is 0.293 e. The topological polar surface area (TPSA) is 131 Å². The molecule has 10 heteroatoms. The number of benzene rings is 3. The van der Waals surface area contributed by atoms with E-state index in [2.05, 4.69) is 10.6 Å². The Morgan fingerprint density at radius 3 is 2.26 bits per heavy atom. The fourth-order valence-electron chi connectivity index (χ4n) is 3.75. The molecular weight excluding hydrogens is 452 g/mol. The van der Waals surface area contributed by atoms with Crippen LogP contribution in [-0.2, 0) is 0 Å². The molecule has 0 radical (unpaired) electrons. The number of hydrogen-bond donors (Lipinski definition) is 2. The summed E-state index contributed by atoms with van der Waals surface area (Å²) in [5, 5.41) is 17.3. The van der Waals surface area contributed by atoms with Gasteiger partial charge in [-0.25, -0.2) is 0 Å². The molecule has 3 amide bonds. The van der Waals surface area contributed by atoms with Gasteiger partial charge in [-0.3, -0.25) is 29.4 Å². The van der Waals surface area contributed by atoms with E-state index in [0.29, 0.717) is 29.0 Å². The lowest BCUT2D eigenvalue weighted by atomic mass is 10.1. The summed E-state index contributed by atoms with van der Waals surface area (Å²) in [6.45, 7) is 0.459. The molecule has 0 atom stereocenters. The molecule has 35 heavy (non-hydrogen) atoms. The van der Waals surface area contributed by atoms with Crippen LogP contribution in [-0.4, -0.2) is 47.7 Å². The molecule has 1 aliphatic rings. The van der Waals surface area contributed by atoms with Crippen molar-refractivity contribution in [1.82, 2.24) is 4.90 Å². The zero-order chi connectivity index (χ0) is 24.9. The summed E-state index contributed by atoms with van der Waals surface area (Å²) in [5.41, 5.74) is 1.39. The van der Waals surface area contributed by atoms with Crippen molar-refractivity contribution in [1.29, 1.82) is 0 Å². The van der Waals surface area contributed by atoms with Crippen molar-refractivity contribution in [2.45, 2.75) is 6.42 Å². The van der Waals surface area contributed by atoms with Crippen LogP contribution in [0.2, 0.25) is 0 Å². The Hall–Kier alpha value is -4.73. The highest BCUT2D eigenvalue weighted by atomic mass is 16.6. The van der Waals surface area contributed by atoms with Gasteiger partial charge in [0.15, 0.2) is 0 Å². The predicted octanol–water partition coefficient (Wildman–Crippen LogP) is 3.95. The number of nitro groups is 1. The number of methoxy groups -OCH3 is 1. The molecule has 1 heterocycles. The average Bonchev–Trinajstić information content (AvgIpc) is 3.11. The lowest BCUT2D eigenvalue weighted by molar-refractivity contribution is -0.384. The highest BCUT2D eigenvalue weighted by Gasteiger charge is 2.34. The minimum Gasteiger partial charge on any atom is -0.497 e. The number of carbonyl (C=O) groups excluding carboxylic acids is 3. The van der Waals surface area contributed by atoms with E-state index in [1.165, 1.54) is 30.2 Å². The second kappa shape index (κ2) is 10.0. The number of carbonyl (C=O) groups is 3. The molecule has 10 nitrogen and oxygen atoms in total. The minimum atomic E-state index is -0.573. The van der Waals surface area contributed by atoms with Crippen LogP contribution in [0.5, 0.6) is 5.75 Å². The molecule has 0 aromatic heterocycles. The van der Waals surface area contributed by atoms with Crippen LogP contribution in [0.4, 0.5) is 17.1 Å². The molecule has 3 aromatic carbocycles. The quantitative estimate of drug-likeness (QED) is 0.208. The summed E-state index contributed by atoms with van der Waals surface area (Å²) in [4.78, 5) is 49.6. The van der Waals surface area contributed by atoms with E-state index in [1.54, 1.807) is 48.5 Å². The van der Waals surface area contributed by atoms with Gasteiger partial charge in [-0.2, -0.15) is 0 Å². The molecule has 0 spiro atoms. The molecule has 3 aromatic rings. The standard InChI is InChI=1S/C25H22N4O6/c1-35-18-10-8-17(9-11-18)27-23(30)16-7-12-21(22(15-16)29(33)34)26-13-4-14-28-24(31)19-5-2-3-6-20(19)25(28)32/h2-3,5-12,15,26H,4,13-14H2,1H3,(H,27,30). The number of nitrogens with zero attached hydrogens (tertiary/aromatic N) is 2. The minimum absolute atomic E-state index is 0.129. The summed E-state index contributed by atoms with van der Waals surface area (Å²) in [7, 11) is 1.53. The largest absolute Gasteiger partial charge is 0.497 e. The highest BCUT2D eigenvalue weighted by molar-refractivity contribution is 6.21. The number of anilines is 2. The number of hydrogen-bond acceptors (Lipinski definition) is 7. The summed E-state index contributed by atoms with van der Waals surface area (Å²) >= 11 is 0. The molecule has 0 saturated carbocycles. The number of ether oxygens (including phenoxy) is 1. The summed E-state index contributed by atoms with van der Waals surface area (Å²) in [6.07, 6.45) is 0.391. The Bertz CT molecular complexity index is 1270. The second-order valence-corrected chi connectivity index (χ2v) is 7.76. The Labute approximate surface area is 200 Å². The number of amides is 3. The third kappa shape index (κ3) is 4.96. The van der Waals surface area contributed by atoms with Crippen LogP contribution in [0, 0.1) is 10.1 Å². The van der Waals surface area contributed by atoms with Crippen LogP contribution in [0.1, 0.15) is 37.5 Å². The maximum absolute atomic E-state index is 12.6. The van der Waals surface area contributed by atoms with Gasteiger partial charge < -0.3 is 15.4 Å². The zero-order valence-electron chi connectivity index (χ0n) is 18.8. The van der Waals surface area contributed by atoms with E-state index >= 15 is 0 Å². The van der Waals surface area contributed by atoms with Gasteiger partial charge >= 0.3 is 0 Å². The molecule has 1 aliphatic heterocycles. The van der Waals surface area contributed by atoms with E-state index < -0.39 is 10.8 Å². The molecule has 0 aliphatic carbocycles. The maximum atomic E-state index is 12.6. The van der Waals surface area contributed by atoms with Crippen molar-refractivity contribution in [2.75, 3.05) is 30.8 Å². The molecule has 0 unspecified atom stereocenters. The van der Waals surface area contributed by atoms with E-state index in [-0.39, 0.29) is 41.8 Å². The SMILES string of the molecule is COc1ccc(NC(=O)c2ccc(NCCCN3C(=O)c4ccccc4C3=O)c([N+](=O)[O-])c2)cc1. The van der Waals surface area contributed by atoms with E-state index in [4.69, 9.17) is 4.74 Å². The van der Waals surface area contributed by atoms with Crippen molar-refractivity contribution >= 4 is 34.8 Å². The predicted molar refractivity (Wildman–Crippen MR) is 129 cm³/mol. The van der Waals surface area contributed by atoms with Gasteiger partial charge in [0.05, 0.1) is 23.2 Å². The van der Waals surface area contributed by atoms with Crippen LogP contribution >= 0.6 is 0 Å². The van der Waals surface area contributed by atoms with E-state index in [0.717, 1.165) is 0 Å². The first-order valence-corrected chi connectivity index (χ1v) is 10.8. The molecular formula is C25H22N4O6. The summed E-state index contributed by atoms with van der Waals surface area (Å²) < 4.78 is 5.08. The molecule has 0 bridgehead atoms. The monoisotopic (exact) mass is 474 g/mol.